The van der Waals surface area contributed by atoms with E-state index in [2.05, 4.69) is 5.32 Å². The fourth-order valence-electron chi connectivity index (χ4n) is 2.93. The summed E-state index contributed by atoms with van der Waals surface area (Å²) < 4.78 is 27.1. The number of hydrogen-bond acceptors (Lipinski definition) is 3. The maximum Gasteiger partial charge on any atom is 0.243 e. The van der Waals surface area contributed by atoms with E-state index in [-0.39, 0.29) is 10.8 Å². The molecule has 2 aromatic carbocycles. The van der Waals surface area contributed by atoms with Crippen LogP contribution in [0.25, 0.3) is 0 Å². The molecule has 2 aromatic rings. The van der Waals surface area contributed by atoms with Crippen molar-refractivity contribution >= 4 is 21.6 Å². The number of carbonyl (C=O) groups excluding carboxylic acids is 1. The highest BCUT2D eigenvalue weighted by atomic mass is 32.2. The van der Waals surface area contributed by atoms with E-state index < -0.39 is 16.1 Å². The molecule has 1 amide bonds. The first-order valence-corrected chi connectivity index (χ1v) is 9.46. The van der Waals surface area contributed by atoms with Crippen LogP contribution < -0.4 is 5.32 Å². The lowest BCUT2D eigenvalue weighted by atomic mass is 10.0. The average Bonchev–Trinajstić information content (AvgIpc) is 2.63. The predicted molar refractivity (Wildman–Crippen MR) is 93.0 cm³/mol. The molecule has 0 unspecified atom stereocenters. The van der Waals surface area contributed by atoms with Gasteiger partial charge in [-0.1, -0.05) is 42.8 Å². The summed E-state index contributed by atoms with van der Waals surface area (Å²) in [6, 6.07) is 16.7. The fraction of sp³-hybridized carbons (Fsp3) is 0.278. The van der Waals surface area contributed by atoms with Gasteiger partial charge in [-0.15, -0.1) is 0 Å². The average molecular weight is 344 g/mol. The van der Waals surface area contributed by atoms with Crippen molar-refractivity contribution < 1.29 is 13.2 Å². The van der Waals surface area contributed by atoms with Gasteiger partial charge in [-0.2, -0.15) is 4.31 Å². The van der Waals surface area contributed by atoms with Crippen molar-refractivity contribution in [2.24, 2.45) is 0 Å². The van der Waals surface area contributed by atoms with Crippen LogP contribution >= 0.6 is 0 Å². The topological polar surface area (TPSA) is 66.5 Å². The minimum Gasteiger partial charge on any atom is -0.325 e. The Morgan fingerprint density at radius 2 is 1.58 bits per heavy atom. The van der Waals surface area contributed by atoms with Gasteiger partial charge in [-0.25, -0.2) is 8.42 Å². The van der Waals surface area contributed by atoms with Gasteiger partial charge in [0.15, 0.2) is 0 Å². The minimum atomic E-state index is -3.68. The maximum absolute atomic E-state index is 12.9. The van der Waals surface area contributed by atoms with Crippen LogP contribution in [0.5, 0.6) is 0 Å². The normalized spacial score (nSPS) is 18.9. The third-order valence-corrected chi connectivity index (χ3v) is 6.07. The smallest absolute Gasteiger partial charge is 0.243 e. The van der Waals surface area contributed by atoms with Gasteiger partial charge in [-0.05, 0) is 37.1 Å². The molecule has 1 heterocycles. The van der Waals surface area contributed by atoms with Crippen LogP contribution in [0, 0.1) is 0 Å². The molecule has 24 heavy (non-hydrogen) atoms. The zero-order valence-corrected chi connectivity index (χ0v) is 14.1. The van der Waals surface area contributed by atoms with Gasteiger partial charge in [0.25, 0.3) is 0 Å². The molecule has 0 saturated carbocycles. The van der Waals surface area contributed by atoms with Gasteiger partial charge >= 0.3 is 0 Å². The summed E-state index contributed by atoms with van der Waals surface area (Å²) >= 11 is 0. The molecule has 6 heteroatoms. The van der Waals surface area contributed by atoms with Crippen LogP contribution in [0.2, 0.25) is 0 Å². The lowest BCUT2D eigenvalue weighted by Crippen LogP contribution is -2.49. The number of nitrogens with zero attached hydrogens (tertiary/aromatic N) is 1. The van der Waals surface area contributed by atoms with Crippen LogP contribution in [-0.4, -0.2) is 31.2 Å². The SMILES string of the molecule is O=C(Nc1ccccc1)[C@@H]1CCCCN1S(=O)(=O)c1ccccc1. The second-order valence-corrected chi connectivity index (χ2v) is 7.69. The highest BCUT2D eigenvalue weighted by Crippen LogP contribution is 2.26. The zero-order chi connectivity index (χ0) is 17.0. The number of piperidine rings is 1. The van der Waals surface area contributed by atoms with Gasteiger partial charge in [0.1, 0.15) is 6.04 Å². The summed E-state index contributed by atoms with van der Waals surface area (Å²) in [7, 11) is -3.68. The quantitative estimate of drug-likeness (QED) is 0.927. The number of carbonyl (C=O) groups is 1. The molecule has 1 saturated heterocycles. The van der Waals surface area contributed by atoms with Crippen molar-refractivity contribution in [3.63, 3.8) is 0 Å². The molecule has 0 aliphatic carbocycles. The van der Waals surface area contributed by atoms with E-state index >= 15 is 0 Å². The number of sulfonamides is 1. The number of anilines is 1. The first kappa shape index (κ1) is 16.7. The Morgan fingerprint density at radius 3 is 2.25 bits per heavy atom. The Bertz CT molecular complexity index is 792. The van der Waals surface area contributed by atoms with Crippen molar-refractivity contribution in [3.05, 3.63) is 60.7 Å². The summed E-state index contributed by atoms with van der Waals surface area (Å²) in [5.41, 5.74) is 0.671. The fourth-order valence-corrected chi connectivity index (χ4v) is 4.61. The number of amides is 1. The first-order chi connectivity index (χ1) is 11.6. The van der Waals surface area contributed by atoms with E-state index in [1.807, 2.05) is 18.2 Å². The Hall–Kier alpha value is -2.18. The summed E-state index contributed by atoms with van der Waals surface area (Å²) in [5.74, 6) is -0.277. The minimum absolute atomic E-state index is 0.226. The number of para-hydroxylation sites is 1. The molecule has 0 aromatic heterocycles. The molecule has 0 radical (unpaired) electrons. The molecule has 5 nitrogen and oxygen atoms in total. The molecule has 0 spiro atoms. The molecule has 1 fully saturated rings. The van der Waals surface area contributed by atoms with Crippen molar-refractivity contribution in [1.29, 1.82) is 0 Å². The summed E-state index contributed by atoms with van der Waals surface area (Å²) in [6.45, 7) is 0.365. The number of nitrogens with one attached hydrogen (secondary N) is 1. The van der Waals surface area contributed by atoms with Crippen LogP contribution in [0.3, 0.4) is 0 Å². The number of rotatable bonds is 4. The number of hydrogen-bond donors (Lipinski definition) is 1. The first-order valence-electron chi connectivity index (χ1n) is 8.02. The molecule has 1 atom stereocenters. The zero-order valence-electron chi connectivity index (χ0n) is 13.3. The highest BCUT2D eigenvalue weighted by Gasteiger charge is 2.37. The maximum atomic E-state index is 12.9. The molecule has 3 rings (SSSR count). The largest absolute Gasteiger partial charge is 0.325 e. The second kappa shape index (κ2) is 7.15. The third kappa shape index (κ3) is 3.49. The summed E-state index contributed by atoms with van der Waals surface area (Å²) in [6.07, 6.45) is 2.14. The van der Waals surface area contributed by atoms with E-state index in [9.17, 15) is 13.2 Å². The standard InChI is InChI=1S/C18H20N2O3S/c21-18(19-15-9-3-1-4-10-15)17-13-7-8-14-20(17)24(22,23)16-11-5-2-6-12-16/h1-6,9-12,17H,7-8,13-14H2,(H,19,21)/t17-/m0/s1. The lowest BCUT2D eigenvalue weighted by Gasteiger charge is -2.33. The Labute approximate surface area is 142 Å². The van der Waals surface area contributed by atoms with E-state index in [0.717, 1.165) is 12.8 Å². The molecular formula is C18H20N2O3S. The van der Waals surface area contributed by atoms with Crippen molar-refractivity contribution in [2.45, 2.75) is 30.2 Å². The summed E-state index contributed by atoms with van der Waals surface area (Å²) in [5, 5.41) is 2.82. The van der Waals surface area contributed by atoms with E-state index in [4.69, 9.17) is 0 Å². The molecule has 0 bridgehead atoms. The molecule has 1 aliphatic rings. The second-order valence-electron chi connectivity index (χ2n) is 5.80. The van der Waals surface area contributed by atoms with Crippen LogP contribution in [0.1, 0.15) is 19.3 Å². The highest BCUT2D eigenvalue weighted by molar-refractivity contribution is 7.89. The van der Waals surface area contributed by atoms with Crippen LogP contribution in [0.15, 0.2) is 65.6 Å². The molecular weight excluding hydrogens is 324 g/mol. The Morgan fingerprint density at radius 1 is 0.958 bits per heavy atom. The van der Waals surface area contributed by atoms with Crippen LogP contribution in [0.4, 0.5) is 5.69 Å². The van der Waals surface area contributed by atoms with Gasteiger partial charge in [-0.3, -0.25) is 4.79 Å². The van der Waals surface area contributed by atoms with Gasteiger partial charge in [0.2, 0.25) is 15.9 Å². The van der Waals surface area contributed by atoms with E-state index in [1.54, 1.807) is 42.5 Å². The van der Waals surface area contributed by atoms with E-state index in [1.165, 1.54) is 4.31 Å². The van der Waals surface area contributed by atoms with Gasteiger partial charge in [0, 0.05) is 12.2 Å². The molecule has 126 valence electrons. The lowest BCUT2D eigenvalue weighted by molar-refractivity contribution is -0.120. The predicted octanol–water partition coefficient (Wildman–Crippen LogP) is 2.87. The Kier molecular flexibility index (Phi) is 4.97. The van der Waals surface area contributed by atoms with Gasteiger partial charge < -0.3 is 5.32 Å². The number of benzene rings is 2. The Balaban J connectivity index is 1.84. The monoisotopic (exact) mass is 344 g/mol. The third-order valence-electron chi connectivity index (χ3n) is 4.15. The van der Waals surface area contributed by atoms with Crippen molar-refractivity contribution in [1.82, 2.24) is 4.31 Å². The summed E-state index contributed by atoms with van der Waals surface area (Å²) in [4.78, 5) is 12.9. The van der Waals surface area contributed by atoms with Crippen molar-refractivity contribution in [3.8, 4) is 0 Å². The molecule has 1 N–H and O–H groups in total. The van der Waals surface area contributed by atoms with Crippen LogP contribution in [-0.2, 0) is 14.8 Å². The van der Waals surface area contributed by atoms with Crippen molar-refractivity contribution in [2.75, 3.05) is 11.9 Å². The van der Waals surface area contributed by atoms with Gasteiger partial charge in [0.05, 0.1) is 4.90 Å². The van der Waals surface area contributed by atoms with E-state index in [0.29, 0.717) is 18.7 Å². The molecule has 1 aliphatic heterocycles.